The van der Waals surface area contributed by atoms with E-state index in [2.05, 4.69) is 20.7 Å². The lowest BCUT2D eigenvalue weighted by atomic mass is 10.2. The molecule has 8 nitrogen and oxygen atoms in total. The van der Waals surface area contributed by atoms with Gasteiger partial charge < -0.3 is 25.4 Å². The molecule has 3 rings (SSSR count). The molecule has 0 aliphatic carbocycles. The molecule has 4 N–H and O–H groups in total. The Hall–Kier alpha value is -3.63. The summed E-state index contributed by atoms with van der Waals surface area (Å²) in [6.07, 6.45) is -5.91. The van der Waals surface area contributed by atoms with Gasteiger partial charge in [-0.15, -0.1) is 13.2 Å². The Balaban J connectivity index is 1.55. The van der Waals surface area contributed by atoms with Crippen molar-refractivity contribution < 1.29 is 32.2 Å². The van der Waals surface area contributed by atoms with Crippen LogP contribution in [0, 0.1) is 0 Å². The largest absolute Gasteiger partial charge is 0.573 e. The number of halogens is 3. The topological polar surface area (TPSA) is 101 Å². The molecule has 3 amide bonds. The Labute approximate surface area is 157 Å². The van der Waals surface area contributed by atoms with E-state index in [0.717, 1.165) is 30.1 Å². The van der Waals surface area contributed by atoms with Gasteiger partial charge in [0.25, 0.3) is 0 Å². The summed E-state index contributed by atoms with van der Waals surface area (Å²) >= 11 is 0. The molecular formula is C17H15F3N4O4. The van der Waals surface area contributed by atoms with E-state index in [1.54, 1.807) is 18.2 Å². The van der Waals surface area contributed by atoms with Crippen molar-refractivity contribution in [2.45, 2.75) is 6.36 Å². The first kappa shape index (κ1) is 19.1. The first-order valence-corrected chi connectivity index (χ1v) is 8.06. The highest BCUT2D eigenvalue weighted by atomic mass is 19.4. The second-order valence-electron chi connectivity index (χ2n) is 5.61. The van der Waals surface area contributed by atoms with Crippen LogP contribution >= 0.6 is 0 Å². The Kier molecular flexibility index (Phi) is 5.43. The summed E-state index contributed by atoms with van der Waals surface area (Å²) in [6.45, 7) is 1.48. The molecule has 0 aromatic heterocycles. The number of hydrogen-bond donors (Lipinski definition) is 4. The maximum absolute atomic E-state index is 12.2. The van der Waals surface area contributed by atoms with Gasteiger partial charge in [0.2, 0.25) is 0 Å². The van der Waals surface area contributed by atoms with E-state index >= 15 is 0 Å². The molecule has 0 spiro atoms. The second kappa shape index (κ2) is 7.94. The zero-order chi connectivity index (χ0) is 20.1. The van der Waals surface area contributed by atoms with E-state index in [1.165, 1.54) is 12.1 Å². The molecule has 11 heteroatoms. The van der Waals surface area contributed by atoms with Gasteiger partial charge in [0.1, 0.15) is 11.5 Å². The third kappa shape index (κ3) is 5.43. The van der Waals surface area contributed by atoms with E-state index < -0.39 is 24.2 Å². The van der Waals surface area contributed by atoms with E-state index in [4.69, 9.17) is 4.74 Å². The number of hydrogen-bond acceptors (Lipinski definition) is 6. The molecule has 2 aromatic rings. The first-order valence-electron chi connectivity index (χ1n) is 8.06. The maximum atomic E-state index is 12.2. The Morgan fingerprint density at radius 3 is 2.46 bits per heavy atom. The highest BCUT2D eigenvalue weighted by Gasteiger charge is 2.31. The second-order valence-corrected chi connectivity index (χ2v) is 5.61. The number of anilines is 3. The molecule has 0 atom stereocenters. The predicted molar refractivity (Wildman–Crippen MR) is 94.7 cm³/mol. The molecule has 1 aliphatic rings. The summed E-state index contributed by atoms with van der Waals surface area (Å²) in [4.78, 5) is 23.7. The number of amides is 3. The lowest BCUT2D eigenvalue weighted by Crippen LogP contribution is -2.36. The maximum Gasteiger partial charge on any atom is 0.573 e. The molecule has 0 fully saturated rings. The molecule has 0 radical (unpaired) electrons. The van der Waals surface area contributed by atoms with Gasteiger partial charge in [-0.1, -0.05) is 6.07 Å². The summed E-state index contributed by atoms with van der Waals surface area (Å²) in [5, 5.41) is 10.4. The summed E-state index contributed by atoms with van der Waals surface area (Å²) < 4.78 is 45.5. The Bertz CT molecular complexity index is 889. The molecule has 0 saturated heterocycles. The number of rotatable bonds is 3. The molecular weight excluding hydrogens is 381 g/mol. The van der Waals surface area contributed by atoms with E-state index in [1.807, 2.05) is 5.32 Å². The van der Waals surface area contributed by atoms with Gasteiger partial charge in [-0.25, -0.2) is 14.9 Å². The number of fused-ring (bicyclic) bond motifs is 1. The molecule has 148 valence electrons. The third-order valence-electron chi connectivity index (χ3n) is 3.50. The van der Waals surface area contributed by atoms with Crippen LogP contribution in [0.25, 0.3) is 0 Å². The fourth-order valence-corrected chi connectivity index (χ4v) is 2.44. The number of benzene rings is 2. The van der Waals surface area contributed by atoms with Gasteiger partial charge in [0, 0.05) is 30.9 Å². The van der Waals surface area contributed by atoms with Gasteiger partial charge in [-0.05, 0) is 24.3 Å². The SMILES string of the molecule is O=C(NC(=O)Oc1ccc2c(c1)NCCN2)Nc1cccc(OC(F)(F)F)c1. The number of nitrogens with one attached hydrogen (secondary N) is 4. The van der Waals surface area contributed by atoms with Crippen LogP contribution in [0.2, 0.25) is 0 Å². The van der Waals surface area contributed by atoms with Crippen molar-refractivity contribution in [2.75, 3.05) is 29.0 Å². The fraction of sp³-hybridized carbons (Fsp3) is 0.176. The quantitative estimate of drug-likeness (QED) is 0.631. The summed E-state index contributed by atoms with van der Waals surface area (Å²) in [5.74, 6) is -0.302. The number of carbonyl (C=O) groups is 2. The molecule has 0 unspecified atom stereocenters. The molecule has 0 saturated carbocycles. The average molecular weight is 396 g/mol. The Morgan fingerprint density at radius 1 is 0.964 bits per heavy atom. The van der Waals surface area contributed by atoms with E-state index in [9.17, 15) is 22.8 Å². The zero-order valence-corrected chi connectivity index (χ0v) is 14.2. The van der Waals surface area contributed by atoms with Crippen LogP contribution in [0.5, 0.6) is 11.5 Å². The van der Waals surface area contributed by atoms with Crippen molar-refractivity contribution in [3.05, 3.63) is 42.5 Å². The minimum atomic E-state index is -4.86. The fourth-order valence-electron chi connectivity index (χ4n) is 2.44. The molecule has 1 aliphatic heterocycles. The van der Waals surface area contributed by atoms with Gasteiger partial charge >= 0.3 is 18.5 Å². The Morgan fingerprint density at radius 2 is 1.71 bits per heavy atom. The minimum absolute atomic E-state index is 0.00361. The van der Waals surface area contributed by atoms with Crippen LogP contribution in [0.1, 0.15) is 0 Å². The van der Waals surface area contributed by atoms with Crippen LogP contribution in [0.15, 0.2) is 42.5 Å². The van der Waals surface area contributed by atoms with Crippen molar-refractivity contribution in [3.63, 3.8) is 0 Å². The van der Waals surface area contributed by atoms with Crippen molar-refractivity contribution in [1.82, 2.24) is 5.32 Å². The van der Waals surface area contributed by atoms with Crippen LogP contribution in [-0.2, 0) is 0 Å². The lowest BCUT2D eigenvalue weighted by molar-refractivity contribution is -0.274. The summed E-state index contributed by atoms with van der Waals surface area (Å²) in [7, 11) is 0. The highest BCUT2D eigenvalue weighted by molar-refractivity contribution is 5.99. The molecule has 2 aromatic carbocycles. The first-order chi connectivity index (χ1) is 13.3. The molecule has 1 heterocycles. The van der Waals surface area contributed by atoms with Crippen LogP contribution < -0.4 is 30.7 Å². The summed E-state index contributed by atoms with van der Waals surface area (Å²) in [6, 6.07) is 8.50. The number of urea groups is 1. The van der Waals surface area contributed by atoms with Crippen molar-refractivity contribution in [3.8, 4) is 11.5 Å². The van der Waals surface area contributed by atoms with Crippen LogP contribution in [0.3, 0.4) is 0 Å². The van der Waals surface area contributed by atoms with Gasteiger partial charge in [0.05, 0.1) is 11.4 Å². The molecule has 28 heavy (non-hydrogen) atoms. The van der Waals surface area contributed by atoms with Crippen LogP contribution in [-0.4, -0.2) is 31.6 Å². The number of alkyl halides is 3. The lowest BCUT2D eigenvalue weighted by Gasteiger charge is -2.20. The zero-order valence-electron chi connectivity index (χ0n) is 14.2. The summed E-state index contributed by atoms with van der Waals surface area (Å²) in [5.41, 5.74) is 1.61. The predicted octanol–water partition coefficient (Wildman–Crippen LogP) is 3.74. The average Bonchev–Trinajstić information content (AvgIpc) is 2.60. The van der Waals surface area contributed by atoms with Crippen molar-refractivity contribution >= 4 is 29.2 Å². The normalized spacial score (nSPS) is 12.7. The number of ether oxygens (including phenoxy) is 2. The van der Waals surface area contributed by atoms with Gasteiger partial charge in [0.15, 0.2) is 0 Å². The monoisotopic (exact) mass is 396 g/mol. The highest BCUT2D eigenvalue weighted by Crippen LogP contribution is 2.29. The third-order valence-corrected chi connectivity index (χ3v) is 3.50. The van der Waals surface area contributed by atoms with E-state index in [0.29, 0.717) is 6.54 Å². The van der Waals surface area contributed by atoms with Gasteiger partial charge in [-0.3, -0.25) is 0 Å². The molecule has 0 bridgehead atoms. The smallest absolute Gasteiger partial charge is 0.410 e. The van der Waals surface area contributed by atoms with Gasteiger partial charge in [-0.2, -0.15) is 0 Å². The number of carbonyl (C=O) groups excluding carboxylic acids is 2. The minimum Gasteiger partial charge on any atom is -0.410 e. The van der Waals surface area contributed by atoms with Crippen molar-refractivity contribution in [1.29, 1.82) is 0 Å². The standard InChI is InChI=1S/C17H15F3N4O4/c18-17(19,20)28-12-3-1-2-10(8-12)23-15(25)24-16(26)27-11-4-5-13-14(9-11)22-7-6-21-13/h1-5,8-9,21-22H,6-7H2,(H2,23,24,25,26). The van der Waals surface area contributed by atoms with Crippen molar-refractivity contribution in [2.24, 2.45) is 0 Å². The number of imide groups is 1. The van der Waals surface area contributed by atoms with E-state index in [-0.39, 0.29) is 11.4 Å². The van der Waals surface area contributed by atoms with Crippen LogP contribution in [0.4, 0.5) is 39.8 Å².